The molecule has 1 unspecified atom stereocenters. The zero-order valence-electron chi connectivity index (χ0n) is 15.5. The summed E-state index contributed by atoms with van der Waals surface area (Å²) in [5, 5.41) is 2.93. The number of rotatable bonds is 9. The fourth-order valence-corrected chi connectivity index (χ4v) is 2.51. The molecule has 0 spiro atoms. The van der Waals surface area contributed by atoms with Crippen LogP contribution in [0.4, 0.5) is 0 Å². The summed E-state index contributed by atoms with van der Waals surface area (Å²) < 4.78 is 5.65. The number of carbonyl (C=O) groups excluding carboxylic acids is 1. The van der Waals surface area contributed by atoms with E-state index in [1.54, 1.807) is 6.92 Å². The molecule has 5 heteroatoms. The lowest BCUT2D eigenvalue weighted by Gasteiger charge is -2.24. The molecule has 3 N–H and O–H groups in total. The topological polar surface area (TPSA) is 64.3 Å². The van der Waals surface area contributed by atoms with E-state index in [9.17, 15) is 4.79 Å². The van der Waals surface area contributed by atoms with Gasteiger partial charge in [0.1, 0.15) is 11.3 Å². The van der Waals surface area contributed by atoms with Gasteiger partial charge in [-0.1, -0.05) is 55.8 Å². The number of ether oxygens (including phenoxy) is 1. The molecule has 1 atom stereocenters. The number of hydrogen-bond acceptors (Lipinski definition) is 3. The van der Waals surface area contributed by atoms with E-state index in [1.165, 1.54) is 0 Å². The average molecular weight is 377 g/mol. The van der Waals surface area contributed by atoms with Crippen molar-refractivity contribution in [1.82, 2.24) is 5.32 Å². The molecule has 0 saturated heterocycles. The van der Waals surface area contributed by atoms with Crippen LogP contribution in [0.5, 0.6) is 5.75 Å². The van der Waals surface area contributed by atoms with Gasteiger partial charge >= 0.3 is 0 Å². The minimum Gasteiger partial charge on any atom is -0.494 e. The first-order valence-electron chi connectivity index (χ1n) is 8.88. The van der Waals surface area contributed by atoms with Crippen molar-refractivity contribution in [3.05, 3.63) is 65.7 Å². The van der Waals surface area contributed by atoms with Gasteiger partial charge < -0.3 is 15.8 Å². The van der Waals surface area contributed by atoms with Crippen LogP contribution in [0.25, 0.3) is 0 Å². The van der Waals surface area contributed by atoms with Crippen molar-refractivity contribution in [2.24, 2.45) is 5.73 Å². The summed E-state index contributed by atoms with van der Waals surface area (Å²) in [6.45, 7) is 5.18. The highest BCUT2D eigenvalue weighted by atomic mass is 35.5. The number of nitrogens with one attached hydrogen (secondary N) is 1. The minimum atomic E-state index is -1.03. The SMILES string of the molecule is CCCCOc1ccc(CCNC(=O)C(C)(N)c2ccccc2)cc1.Cl. The fraction of sp³-hybridized carbons (Fsp3) is 0.381. The van der Waals surface area contributed by atoms with Gasteiger partial charge in [0.25, 0.3) is 0 Å². The van der Waals surface area contributed by atoms with Gasteiger partial charge in [-0.15, -0.1) is 12.4 Å². The van der Waals surface area contributed by atoms with Crippen molar-refractivity contribution < 1.29 is 9.53 Å². The summed E-state index contributed by atoms with van der Waals surface area (Å²) in [7, 11) is 0. The van der Waals surface area contributed by atoms with E-state index in [0.717, 1.165) is 42.7 Å². The van der Waals surface area contributed by atoms with Crippen molar-refractivity contribution in [2.45, 2.75) is 38.6 Å². The van der Waals surface area contributed by atoms with Crippen LogP contribution >= 0.6 is 12.4 Å². The molecule has 0 fully saturated rings. The Bertz CT molecular complexity index is 657. The summed E-state index contributed by atoms with van der Waals surface area (Å²) in [6, 6.07) is 17.4. The van der Waals surface area contributed by atoms with Gasteiger partial charge in [0.2, 0.25) is 5.91 Å². The second-order valence-electron chi connectivity index (χ2n) is 6.42. The van der Waals surface area contributed by atoms with E-state index >= 15 is 0 Å². The molecular weight excluding hydrogens is 348 g/mol. The average Bonchev–Trinajstić information content (AvgIpc) is 2.64. The Hall–Kier alpha value is -2.04. The Kier molecular flexibility index (Phi) is 9.17. The summed E-state index contributed by atoms with van der Waals surface area (Å²) in [5.41, 5.74) is 7.14. The van der Waals surface area contributed by atoms with E-state index in [2.05, 4.69) is 12.2 Å². The summed E-state index contributed by atoms with van der Waals surface area (Å²) in [6.07, 6.45) is 2.94. The smallest absolute Gasteiger partial charge is 0.244 e. The first-order valence-corrected chi connectivity index (χ1v) is 8.88. The highest BCUT2D eigenvalue weighted by molar-refractivity contribution is 5.87. The van der Waals surface area contributed by atoms with E-state index < -0.39 is 5.54 Å². The van der Waals surface area contributed by atoms with Crippen molar-refractivity contribution in [1.29, 1.82) is 0 Å². The van der Waals surface area contributed by atoms with Gasteiger partial charge in [0, 0.05) is 6.54 Å². The molecule has 0 aromatic heterocycles. The molecule has 1 amide bonds. The zero-order valence-corrected chi connectivity index (χ0v) is 16.4. The molecule has 4 nitrogen and oxygen atoms in total. The fourth-order valence-electron chi connectivity index (χ4n) is 2.51. The lowest BCUT2D eigenvalue weighted by Crippen LogP contribution is -2.49. The molecule has 0 aliphatic carbocycles. The number of unbranched alkanes of at least 4 members (excludes halogenated alkanes) is 1. The number of hydrogen-bond donors (Lipinski definition) is 2. The molecule has 2 aromatic rings. The highest BCUT2D eigenvalue weighted by Gasteiger charge is 2.29. The Morgan fingerprint density at radius 3 is 2.38 bits per heavy atom. The van der Waals surface area contributed by atoms with Crippen LogP contribution in [0.2, 0.25) is 0 Å². The van der Waals surface area contributed by atoms with Gasteiger partial charge in [-0.05, 0) is 43.0 Å². The molecular formula is C21H29ClN2O2. The van der Waals surface area contributed by atoms with Gasteiger partial charge in [-0.3, -0.25) is 4.79 Å². The second kappa shape index (κ2) is 10.8. The summed E-state index contributed by atoms with van der Waals surface area (Å²) in [4.78, 5) is 12.4. The number of benzene rings is 2. The minimum absolute atomic E-state index is 0. The largest absolute Gasteiger partial charge is 0.494 e. The van der Waals surface area contributed by atoms with Crippen LogP contribution < -0.4 is 15.8 Å². The lowest BCUT2D eigenvalue weighted by atomic mass is 9.92. The van der Waals surface area contributed by atoms with Gasteiger partial charge in [0.15, 0.2) is 0 Å². The molecule has 2 rings (SSSR count). The highest BCUT2D eigenvalue weighted by Crippen LogP contribution is 2.17. The molecule has 0 aliphatic heterocycles. The van der Waals surface area contributed by atoms with Crippen LogP contribution in [0.1, 0.15) is 37.8 Å². The molecule has 0 bridgehead atoms. The number of carbonyl (C=O) groups is 1. The normalized spacial score (nSPS) is 12.6. The zero-order chi connectivity index (χ0) is 18.1. The first kappa shape index (κ1) is 22.0. The monoisotopic (exact) mass is 376 g/mol. The number of halogens is 1. The third-order valence-corrected chi connectivity index (χ3v) is 4.23. The Morgan fingerprint density at radius 1 is 1.12 bits per heavy atom. The summed E-state index contributed by atoms with van der Waals surface area (Å²) in [5.74, 6) is 0.720. The maximum absolute atomic E-state index is 12.4. The van der Waals surface area contributed by atoms with Crippen molar-refractivity contribution in [3.63, 3.8) is 0 Å². The van der Waals surface area contributed by atoms with E-state index in [4.69, 9.17) is 10.5 Å². The predicted octanol–water partition coefficient (Wildman–Crippen LogP) is 3.82. The summed E-state index contributed by atoms with van der Waals surface area (Å²) >= 11 is 0. The number of amides is 1. The van der Waals surface area contributed by atoms with E-state index in [-0.39, 0.29) is 18.3 Å². The van der Waals surface area contributed by atoms with E-state index in [1.807, 2.05) is 54.6 Å². The van der Waals surface area contributed by atoms with Crippen molar-refractivity contribution in [3.8, 4) is 5.75 Å². The molecule has 0 aliphatic rings. The van der Waals surface area contributed by atoms with Crippen molar-refractivity contribution >= 4 is 18.3 Å². The standard InChI is InChI=1S/C21H28N2O2.ClH/c1-3-4-16-25-19-12-10-17(11-13-19)14-15-23-20(24)21(2,22)18-8-6-5-7-9-18;/h5-13H,3-4,14-16,22H2,1-2H3,(H,23,24);1H. The molecule has 0 saturated carbocycles. The van der Waals surface area contributed by atoms with Gasteiger partial charge in [-0.2, -0.15) is 0 Å². The molecule has 142 valence electrons. The Balaban J connectivity index is 0.00000338. The van der Waals surface area contributed by atoms with Crippen LogP contribution in [-0.2, 0) is 16.8 Å². The van der Waals surface area contributed by atoms with Gasteiger partial charge in [-0.25, -0.2) is 0 Å². The van der Waals surface area contributed by atoms with Crippen LogP contribution in [-0.4, -0.2) is 19.1 Å². The van der Waals surface area contributed by atoms with E-state index in [0.29, 0.717) is 6.54 Å². The molecule has 0 radical (unpaired) electrons. The molecule has 2 aromatic carbocycles. The second-order valence-corrected chi connectivity index (χ2v) is 6.42. The molecule has 26 heavy (non-hydrogen) atoms. The lowest BCUT2D eigenvalue weighted by molar-refractivity contribution is -0.126. The first-order chi connectivity index (χ1) is 12.0. The quantitative estimate of drug-likeness (QED) is 0.654. The Morgan fingerprint density at radius 2 is 1.77 bits per heavy atom. The van der Waals surface area contributed by atoms with Crippen LogP contribution in [0.3, 0.4) is 0 Å². The Labute approximate surface area is 162 Å². The van der Waals surface area contributed by atoms with Crippen molar-refractivity contribution in [2.75, 3.05) is 13.2 Å². The van der Waals surface area contributed by atoms with Crippen LogP contribution in [0, 0.1) is 0 Å². The third-order valence-electron chi connectivity index (χ3n) is 4.23. The maximum atomic E-state index is 12.4. The molecule has 0 heterocycles. The van der Waals surface area contributed by atoms with Gasteiger partial charge in [0.05, 0.1) is 6.61 Å². The maximum Gasteiger partial charge on any atom is 0.244 e. The third kappa shape index (κ3) is 6.36. The number of nitrogens with two attached hydrogens (primary N) is 1. The predicted molar refractivity (Wildman–Crippen MR) is 109 cm³/mol. The van der Waals surface area contributed by atoms with Crippen LogP contribution in [0.15, 0.2) is 54.6 Å².